The summed E-state index contributed by atoms with van der Waals surface area (Å²) in [6.45, 7) is 2.57. The summed E-state index contributed by atoms with van der Waals surface area (Å²) in [5.74, 6) is 0.408. The van der Waals surface area contributed by atoms with Crippen molar-refractivity contribution in [1.29, 1.82) is 5.26 Å². The van der Waals surface area contributed by atoms with Gasteiger partial charge in [0.15, 0.2) is 0 Å². The third-order valence-electron chi connectivity index (χ3n) is 3.87. The van der Waals surface area contributed by atoms with Crippen LogP contribution < -0.4 is 0 Å². The maximum Gasteiger partial charge on any atom is 0.244 e. The summed E-state index contributed by atoms with van der Waals surface area (Å²) >= 11 is 0. The number of hydrogen-bond acceptors (Lipinski definition) is 4. The van der Waals surface area contributed by atoms with E-state index in [0.717, 1.165) is 12.8 Å². The van der Waals surface area contributed by atoms with E-state index in [9.17, 15) is 8.42 Å². The fraction of sp³-hybridized carbons (Fsp3) is 0.533. The molecule has 2 rings (SSSR count). The Morgan fingerprint density at radius 1 is 1.43 bits per heavy atom. The number of sulfonamides is 1. The molecule has 1 aromatic carbocycles. The highest BCUT2D eigenvalue weighted by atomic mass is 32.2. The Balaban J connectivity index is 2.38. The molecular weight excluding hydrogens is 288 g/mol. The molecule has 0 heterocycles. The van der Waals surface area contributed by atoms with Gasteiger partial charge in [-0.1, -0.05) is 12.1 Å². The second-order valence-corrected chi connectivity index (χ2v) is 7.15. The summed E-state index contributed by atoms with van der Waals surface area (Å²) in [6.07, 6.45) is 2.11. The van der Waals surface area contributed by atoms with E-state index in [-0.39, 0.29) is 16.5 Å². The topological polar surface area (TPSA) is 70.4 Å². The molecule has 1 aliphatic carbocycles. The molecule has 1 aromatic rings. The monoisotopic (exact) mass is 308 g/mol. The third-order valence-corrected chi connectivity index (χ3v) is 5.91. The van der Waals surface area contributed by atoms with Gasteiger partial charge in [0.2, 0.25) is 10.0 Å². The highest BCUT2D eigenvalue weighted by Crippen LogP contribution is 2.37. The van der Waals surface area contributed by atoms with E-state index in [0.29, 0.717) is 19.1 Å². The van der Waals surface area contributed by atoms with Gasteiger partial charge >= 0.3 is 0 Å². The molecular formula is C15H20N2O3S. The average Bonchev–Trinajstić information content (AvgIpc) is 3.31. The van der Waals surface area contributed by atoms with Crippen molar-refractivity contribution in [2.45, 2.75) is 30.7 Å². The van der Waals surface area contributed by atoms with Crippen molar-refractivity contribution in [3.63, 3.8) is 0 Å². The summed E-state index contributed by atoms with van der Waals surface area (Å²) in [5, 5.41) is 9.14. The van der Waals surface area contributed by atoms with E-state index in [1.54, 1.807) is 19.2 Å². The van der Waals surface area contributed by atoms with Gasteiger partial charge in [0, 0.05) is 19.7 Å². The molecule has 0 bridgehead atoms. The minimum Gasteiger partial charge on any atom is -0.383 e. The Morgan fingerprint density at radius 2 is 2.10 bits per heavy atom. The number of ether oxygens (including phenoxy) is 1. The van der Waals surface area contributed by atoms with Gasteiger partial charge in [-0.25, -0.2) is 8.42 Å². The summed E-state index contributed by atoms with van der Waals surface area (Å²) in [4.78, 5) is 0.0797. The zero-order valence-electron chi connectivity index (χ0n) is 12.3. The highest BCUT2D eigenvalue weighted by molar-refractivity contribution is 7.89. The van der Waals surface area contributed by atoms with Crippen LogP contribution >= 0.6 is 0 Å². The molecule has 0 spiro atoms. The van der Waals surface area contributed by atoms with Crippen LogP contribution in [0.3, 0.4) is 0 Å². The van der Waals surface area contributed by atoms with Gasteiger partial charge in [-0.3, -0.25) is 0 Å². The van der Waals surface area contributed by atoms with Crippen LogP contribution in [0, 0.1) is 17.2 Å². The Kier molecular flexibility index (Phi) is 4.99. The van der Waals surface area contributed by atoms with Crippen LogP contribution in [0.2, 0.25) is 0 Å². The van der Waals surface area contributed by atoms with E-state index in [4.69, 9.17) is 10.00 Å². The lowest BCUT2D eigenvalue weighted by atomic mass is 10.2. The molecule has 114 valence electrons. The van der Waals surface area contributed by atoms with Crippen LogP contribution in [0.15, 0.2) is 29.2 Å². The third kappa shape index (κ3) is 3.43. The molecule has 5 nitrogen and oxygen atoms in total. The lowest BCUT2D eigenvalue weighted by molar-refractivity contribution is 0.164. The molecule has 1 unspecified atom stereocenters. The zero-order chi connectivity index (χ0) is 15.5. The van der Waals surface area contributed by atoms with Gasteiger partial charge in [0.05, 0.1) is 17.1 Å². The molecule has 0 amide bonds. The van der Waals surface area contributed by atoms with Crippen molar-refractivity contribution in [3.05, 3.63) is 29.8 Å². The van der Waals surface area contributed by atoms with Crippen molar-refractivity contribution in [3.8, 4) is 6.07 Å². The molecule has 21 heavy (non-hydrogen) atoms. The Labute approximate surface area is 126 Å². The number of hydrogen-bond donors (Lipinski definition) is 0. The van der Waals surface area contributed by atoms with Crippen LogP contribution in [0.5, 0.6) is 0 Å². The van der Waals surface area contributed by atoms with E-state index in [1.807, 2.05) is 13.0 Å². The van der Waals surface area contributed by atoms with Crippen molar-refractivity contribution in [1.82, 2.24) is 4.31 Å². The number of nitriles is 1. The Hall–Kier alpha value is -1.42. The van der Waals surface area contributed by atoms with Crippen LogP contribution in [-0.4, -0.2) is 39.0 Å². The zero-order valence-corrected chi connectivity index (χ0v) is 13.1. The standard InChI is InChI=1S/C15H20N2O3S/c1-12(13-7-8-13)17(9-10-20-2)21(18,19)15-6-4-3-5-14(15)11-16/h3-6,12-13H,7-10H2,1-2H3. The van der Waals surface area contributed by atoms with Crippen LogP contribution in [0.4, 0.5) is 0 Å². The van der Waals surface area contributed by atoms with Crippen LogP contribution in [0.1, 0.15) is 25.3 Å². The first-order chi connectivity index (χ1) is 10.0. The highest BCUT2D eigenvalue weighted by Gasteiger charge is 2.38. The predicted molar refractivity (Wildman–Crippen MR) is 79.1 cm³/mol. The second-order valence-electron chi connectivity index (χ2n) is 5.29. The number of nitrogens with zero attached hydrogens (tertiary/aromatic N) is 2. The summed E-state index contributed by atoms with van der Waals surface area (Å²) in [5.41, 5.74) is 0.183. The molecule has 1 fully saturated rings. The number of methoxy groups -OCH3 is 1. The van der Waals surface area contributed by atoms with Crippen molar-refractivity contribution >= 4 is 10.0 Å². The minimum atomic E-state index is -3.69. The van der Waals surface area contributed by atoms with Crippen LogP contribution in [0.25, 0.3) is 0 Å². The quantitative estimate of drug-likeness (QED) is 0.772. The molecule has 6 heteroatoms. The molecule has 0 saturated heterocycles. The van der Waals surface area contributed by atoms with Gasteiger partial charge in [-0.15, -0.1) is 0 Å². The van der Waals surface area contributed by atoms with E-state index < -0.39 is 10.0 Å². The lowest BCUT2D eigenvalue weighted by Crippen LogP contribution is -2.42. The number of benzene rings is 1. The SMILES string of the molecule is COCCN(C(C)C1CC1)S(=O)(=O)c1ccccc1C#N. The first kappa shape index (κ1) is 16.0. The molecule has 1 saturated carbocycles. The summed E-state index contributed by atoms with van der Waals surface area (Å²) in [6, 6.07) is 8.22. The first-order valence-corrected chi connectivity index (χ1v) is 8.46. The maximum atomic E-state index is 12.9. The fourth-order valence-corrected chi connectivity index (χ4v) is 4.27. The maximum absolute atomic E-state index is 12.9. The lowest BCUT2D eigenvalue weighted by Gasteiger charge is -2.28. The minimum absolute atomic E-state index is 0.0723. The molecule has 0 aromatic heterocycles. The molecule has 0 N–H and O–H groups in total. The van der Waals surface area contributed by atoms with Crippen LogP contribution in [-0.2, 0) is 14.8 Å². The van der Waals surface area contributed by atoms with E-state index in [1.165, 1.54) is 16.4 Å². The first-order valence-electron chi connectivity index (χ1n) is 7.02. The average molecular weight is 308 g/mol. The second kappa shape index (κ2) is 6.56. The van der Waals surface area contributed by atoms with Crippen molar-refractivity contribution in [2.24, 2.45) is 5.92 Å². The van der Waals surface area contributed by atoms with Crippen molar-refractivity contribution in [2.75, 3.05) is 20.3 Å². The Bertz CT molecular complexity index is 633. The van der Waals surface area contributed by atoms with E-state index >= 15 is 0 Å². The summed E-state index contributed by atoms with van der Waals surface area (Å²) < 4.78 is 32.3. The van der Waals surface area contributed by atoms with Gasteiger partial charge in [-0.05, 0) is 37.8 Å². The molecule has 1 atom stereocenters. The molecule has 0 aliphatic heterocycles. The predicted octanol–water partition coefficient (Wildman–Crippen LogP) is 1.99. The van der Waals surface area contributed by atoms with Gasteiger partial charge in [0.1, 0.15) is 6.07 Å². The smallest absolute Gasteiger partial charge is 0.244 e. The molecule has 0 radical (unpaired) electrons. The fourth-order valence-electron chi connectivity index (χ4n) is 2.45. The van der Waals surface area contributed by atoms with Gasteiger partial charge in [-0.2, -0.15) is 9.57 Å². The van der Waals surface area contributed by atoms with Gasteiger partial charge in [0.25, 0.3) is 0 Å². The Morgan fingerprint density at radius 3 is 2.67 bits per heavy atom. The number of rotatable bonds is 7. The van der Waals surface area contributed by atoms with Gasteiger partial charge < -0.3 is 4.74 Å². The van der Waals surface area contributed by atoms with Crippen molar-refractivity contribution < 1.29 is 13.2 Å². The largest absolute Gasteiger partial charge is 0.383 e. The summed E-state index contributed by atoms with van der Waals surface area (Å²) in [7, 11) is -2.14. The normalized spacial score (nSPS) is 16.7. The molecule has 1 aliphatic rings. The van der Waals surface area contributed by atoms with E-state index in [2.05, 4.69) is 0 Å².